The molecule has 6 nitrogen and oxygen atoms in total. The molecule has 23 heavy (non-hydrogen) atoms. The van der Waals surface area contributed by atoms with E-state index in [1.165, 1.54) is 0 Å². The molecule has 2 saturated heterocycles. The molecule has 0 radical (unpaired) electrons. The van der Waals surface area contributed by atoms with Crippen molar-refractivity contribution >= 4 is 28.9 Å². The molecule has 7 heteroatoms. The fourth-order valence-electron chi connectivity index (χ4n) is 3.22. The van der Waals surface area contributed by atoms with Crippen LogP contribution in [0.5, 0.6) is 17.2 Å². The minimum absolute atomic E-state index is 0.0176. The molecule has 3 rings (SSSR count). The number of fused-ring (bicyclic) bond motifs is 1. The highest BCUT2D eigenvalue weighted by Crippen LogP contribution is 2.42. The highest BCUT2D eigenvalue weighted by atomic mass is 32.1. The van der Waals surface area contributed by atoms with Gasteiger partial charge in [-0.25, -0.2) is 0 Å². The summed E-state index contributed by atoms with van der Waals surface area (Å²) in [6, 6.07) is 3.36. The van der Waals surface area contributed by atoms with E-state index in [0.29, 0.717) is 28.0 Å². The Kier molecular flexibility index (Phi) is 4.30. The molecule has 2 aliphatic heterocycles. The number of thiocarbonyl (C=S) groups is 1. The van der Waals surface area contributed by atoms with Gasteiger partial charge in [0.25, 0.3) is 5.91 Å². The van der Waals surface area contributed by atoms with Gasteiger partial charge < -0.3 is 19.1 Å². The van der Waals surface area contributed by atoms with Gasteiger partial charge in [0, 0.05) is 18.7 Å². The SMILES string of the molecule is COc1cc(N2C(=O)[C@@H]3CCCCN3C2=S)cc(OC)c1OC. The first-order valence-electron chi connectivity index (χ1n) is 7.57. The summed E-state index contributed by atoms with van der Waals surface area (Å²) in [5, 5.41) is 0.550. The zero-order chi connectivity index (χ0) is 16.6. The highest BCUT2D eigenvalue weighted by molar-refractivity contribution is 7.80. The van der Waals surface area contributed by atoms with Crippen molar-refractivity contribution in [2.75, 3.05) is 32.8 Å². The van der Waals surface area contributed by atoms with Crippen LogP contribution in [-0.2, 0) is 4.79 Å². The van der Waals surface area contributed by atoms with E-state index in [1.54, 1.807) is 38.4 Å². The summed E-state index contributed by atoms with van der Waals surface area (Å²) in [6.07, 6.45) is 2.96. The molecular formula is C16H20N2O4S. The van der Waals surface area contributed by atoms with Gasteiger partial charge >= 0.3 is 0 Å². The van der Waals surface area contributed by atoms with E-state index in [9.17, 15) is 4.79 Å². The molecule has 0 saturated carbocycles. The van der Waals surface area contributed by atoms with E-state index in [2.05, 4.69) is 0 Å². The van der Waals surface area contributed by atoms with Gasteiger partial charge in [-0.2, -0.15) is 0 Å². The molecule has 0 spiro atoms. The van der Waals surface area contributed by atoms with Crippen LogP contribution in [0.4, 0.5) is 5.69 Å². The van der Waals surface area contributed by atoms with E-state index >= 15 is 0 Å². The van der Waals surface area contributed by atoms with E-state index < -0.39 is 0 Å². The van der Waals surface area contributed by atoms with Gasteiger partial charge in [0.15, 0.2) is 16.6 Å². The van der Waals surface area contributed by atoms with Crippen LogP contribution in [0, 0.1) is 0 Å². The van der Waals surface area contributed by atoms with Crippen molar-refractivity contribution in [3.05, 3.63) is 12.1 Å². The topological polar surface area (TPSA) is 51.2 Å². The maximum Gasteiger partial charge on any atom is 0.256 e. The molecule has 0 aliphatic carbocycles. The fourth-order valence-corrected chi connectivity index (χ4v) is 3.64. The zero-order valence-corrected chi connectivity index (χ0v) is 14.3. The fraction of sp³-hybridized carbons (Fsp3) is 0.500. The summed E-state index contributed by atoms with van der Waals surface area (Å²) in [7, 11) is 4.65. The molecule has 0 N–H and O–H groups in total. The van der Waals surface area contributed by atoms with Gasteiger partial charge in [0.1, 0.15) is 6.04 Å². The van der Waals surface area contributed by atoms with Gasteiger partial charge in [0.05, 0.1) is 27.0 Å². The second-order valence-corrected chi connectivity index (χ2v) is 5.91. The third-order valence-corrected chi connectivity index (χ3v) is 4.77. The number of carbonyl (C=O) groups is 1. The van der Waals surface area contributed by atoms with Gasteiger partial charge in [0.2, 0.25) is 5.75 Å². The lowest BCUT2D eigenvalue weighted by atomic mass is 10.0. The average Bonchev–Trinajstić information content (AvgIpc) is 2.85. The zero-order valence-electron chi connectivity index (χ0n) is 13.5. The number of methoxy groups -OCH3 is 3. The maximum absolute atomic E-state index is 12.8. The van der Waals surface area contributed by atoms with Crippen molar-refractivity contribution in [1.29, 1.82) is 0 Å². The number of carbonyl (C=O) groups excluding carboxylic acids is 1. The smallest absolute Gasteiger partial charge is 0.256 e. The van der Waals surface area contributed by atoms with Crippen molar-refractivity contribution in [2.24, 2.45) is 0 Å². The molecule has 2 fully saturated rings. The summed E-state index contributed by atoms with van der Waals surface area (Å²) >= 11 is 5.54. The lowest BCUT2D eigenvalue weighted by Gasteiger charge is -2.28. The molecule has 0 aromatic heterocycles. The van der Waals surface area contributed by atoms with Crippen LogP contribution in [0.1, 0.15) is 19.3 Å². The maximum atomic E-state index is 12.8. The average molecular weight is 336 g/mol. The molecule has 1 amide bonds. The molecule has 1 aromatic carbocycles. The molecule has 1 atom stereocenters. The summed E-state index contributed by atoms with van der Waals surface area (Å²) < 4.78 is 16.1. The third kappa shape index (κ3) is 2.49. The Morgan fingerprint density at radius 2 is 1.74 bits per heavy atom. The number of rotatable bonds is 4. The van der Waals surface area contributed by atoms with Gasteiger partial charge in [-0.05, 0) is 31.5 Å². The number of benzene rings is 1. The van der Waals surface area contributed by atoms with Crippen LogP contribution in [0.25, 0.3) is 0 Å². The second kappa shape index (κ2) is 6.23. The van der Waals surface area contributed by atoms with Crippen molar-refractivity contribution in [2.45, 2.75) is 25.3 Å². The van der Waals surface area contributed by atoms with Crippen LogP contribution in [-0.4, -0.2) is 49.8 Å². The van der Waals surface area contributed by atoms with Crippen LogP contribution >= 0.6 is 12.2 Å². The summed E-state index contributed by atoms with van der Waals surface area (Å²) in [6.45, 7) is 0.830. The third-order valence-electron chi connectivity index (χ3n) is 4.35. The van der Waals surface area contributed by atoms with Crippen molar-refractivity contribution < 1.29 is 19.0 Å². The molecular weight excluding hydrogens is 316 g/mol. The highest BCUT2D eigenvalue weighted by Gasteiger charge is 2.44. The van der Waals surface area contributed by atoms with E-state index in [1.807, 2.05) is 4.90 Å². The number of hydrogen-bond acceptors (Lipinski definition) is 5. The van der Waals surface area contributed by atoms with Crippen molar-refractivity contribution in [1.82, 2.24) is 4.90 Å². The lowest BCUT2D eigenvalue weighted by Crippen LogP contribution is -2.38. The molecule has 2 heterocycles. The number of hydrogen-bond donors (Lipinski definition) is 0. The molecule has 1 aromatic rings. The predicted molar refractivity (Wildman–Crippen MR) is 90.5 cm³/mol. The van der Waals surface area contributed by atoms with E-state index in [0.717, 1.165) is 25.8 Å². The van der Waals surface area contributed by atoms with Crippen molar-refractivity contribution in [3.63, 3.8) is 0 Å². The number of nitrogens with zero attached hydrogens (tertiary/aromatic N) is 2. The van der Waals surface area contributed by atoms with E-state index in [-0.39, 0.29) is 11.9 Å². The number of piperidine rings is 1. The van der Waals surface area contributed by atoms with Crippen LogP contribution in [0.15, 0.2) is 12.1 Å². The second-order valence-electron chi connectivity index (χ2n) is 5.54. The Morgan fingerprint density at radius 1 is 1.09 bits per heavy atom. The normalized spacial score (nSPS) is 20.6. The monoisotopic (exact) mass is 336 g/mol. The number of amides is 1. The first kappa shape index (κ1) is 15.9. The Bertz CT molecular complexity index is 600. The number of anilines is 1. The first-order valence-corrected chi connectivity index (χ1v) is 7.97. The summed E-state index contributed by atoms with van der Waals surface area (Å²) in [5.41, 5.74) is 0.643. The minimum Gasteiger partial charge on any atom is -0.493 e. The minimum atomic E-state index is -0.143. The van der Waals surface area contributed by atoms with Crippen LogP contribution < -0.4 is 19.1 Å². The lowest BCUT2D eigenvalue weighted by molar-refractivity contribution is -0.120. The molecule has 2 aliphatic rings. The molecule has 0 bridgehead atoms. The number of ether oxygens (including phenoxy) is 3. The largest absolute Gasteiger partial charge is 0.493 e. The molecule has 0 unspecified atom stereocenters. The Hall–Kier alpha value is -2.02. The van der Waals surface area contributed by atoms with Gasteiger partial charge in [-0.1, -0.05) is 0 Å². The van der Waals surface area contributed by atoms with Crippen molar-refractivity contribution in [3.8, 4) is 17.2 Å². The van der Waals surface area contributed by atoms with Crippen LogP contribution in [0.2, 0.25) is 0 Å². The Labute approximate surface area is 140 Å². The Balaban J connectivity index is 2.04. The quantitative estimate of drug-likeness (QED) is 0.786. The first-order chi connectivity index (χ1) is 11.1. The Morgan fingerprint density at radius 3 is 2.26 bits per heavy atom. The van der Waals surface area contributed by atoms with Gasteiger partial charge in [-0.3, -0.25) is 9.69 Å². The van der Waals surface area contributed by atoms with Crippen LogP contribution in [0.3, 0.4) is 0 Å². The summed E-state index contributed by atoms with van der Waals surface area (Å²) in [4.78, 5) is 16.4. The predicted octanol–water partition coefficient (Wildman–Crippen LogP) is 2.20. The van der Waals surface area contributed by atoms with E-state index in [4.69, 9.17) is 26.4 Å². The standard InChI is InChI=1S/C16H20N2O4S/c1-20-12-8-10(9-13(21-2)14(12)22-3)18-15(19)11-6-4-5-7-17(11)16(18)23/h8-9,11H,4-7H2,1-3H3/t11-/m0/s1. The molecule has 124 valence electrons. The van der Waals surface area contributed by atoms with Gasteiger partial charge in [-0.15, -0.1) is 0 Å². The summed E-state index contributed by atoms with van der Waals surface area (Å²) in [5.74, 6) is 1.52.